The Hall–Kier alpha value is 3.08. The van der Waals surface area contributed by atoms with E-state index in [-0.39, 0.29) is 29.6 Å². The Balaban J connectivity index is -0.0000000611. The molecule has 20 heteroatoms. The summed E-state index contributed by atoms with van der Waals surface area (Å²) in [6, 6.07) is 0. The van der Waals surface area contributed by atoms with Gasteiger partial charge in [-0.1, -0.05) is 22.6 Å². The van der Waals surface area contributed by atoms with Crippen molar-refractivity contribution in [2.75, 3.05) is 31.7 Å². The van der Waals surface area contributed by atoms with Crippen molar-refractivity contribution >= 4 is 105 Å². The summed E-state index contributed by atoms with van der Waals surface area (Å²) in [5.74, 6) is 0. The maximum Gasteiger partial charge on any atom is 1.00 e. The van der Waals surface area contributed by atoms with Crippen LogP contribution in [-0.4, -0.2) is 146 Å². The molecule has 43 heavy (non-hydrogen) atoms. The summed E-state index contributed by atoms with van der Waals surface area (Å²) in [5, 5.41) is 71.2. The van der Waals surface area contributed by atoms with Gasteiger partial charge in [-0.3, -0.25) is 0 Å². The number of hydrogen-bond donors (Lipinski definition) is 7. The topological polar surface area (TPSA) is 234 Å². The van der Waals surface area contributed by atoms with Gasteiger partial charge in [0.25, 0.3) is 0 Å². The van der Waals surface area contributed by atoms with Crippen LogP contribution in [0.2, 0.25) is 0 Å². The zero-order valence-electron chi connectivity index (χ0n) is 26.5. The van der Waals surface area contributed by atoms with E-state index >= 15 is 0 Å². The zero-order valence-corrected chi connectivity index (χ0v) is 38.0. The van der Waals surface area contributed by atoms with Gasteiger partial charge in [-0.2, -0.15) is 7.11 Å². The van der Waals surface area contributed by atoms with E-state index in [0.29, 0.717) is 9.47 Å². The maximum atomic E-state index is 9.37. The monoisotopic (exact) mass is 1050 g/mol. The van der Waals surface area contributed by atoms with Gasteiger partial charge in [0.2, 0.25) is 0 Å². The molecule has 0 aliphatic carbocycles. The molecule has 13 nitrogen and oxygen atoms in total. The van der Waals surface area contributed by atoms with Crippen molar-refractivity contribution in [3.05, 3.63) is 0 Å². The molecule has 2 heterocycles. The van der Waals surface area contributed by atoms with Crippen LogP contribution < -0.4 is 34.7 Å². The second-order valence-electron chi connectivity index (χ2n) is 6.61. The predicted octanol–water partition coefficient (Wildman–Crippen LogP) is -2.62. The summed E-state index contributed by atoms with van der Waals surface area (Å²) >= 11 is 9.53. The van der Waals surface area contributed by atoms with Crippen LogP contribution in [0.5, 0.6) is 0 Å². The third-order valence-corrected chi connectivity index (χ3v) is 5.79. The standard InChI is InChI=1S/2C7H14O4S.3C2H4O.CH3I.CH4O.CH3O.2HI.Na.V/c2*1-3-4(8)5(9)6(10)7(11-3)12-2;3*1-2-3;3*1-2;;;;/h2*3-10H,1-2H3;3*2H,1H3;1H3;2H,1H3;1H3;2*1H;;/q;;;;;;;-1;;;+1;+2/p-2/t2*3-,4+,5+,6-,7?;;;;;;;;;;/m00........../s1. The average molecular weight is 1050 g/mol. The molecule has 2 fully saturated rings. The van der Waals surface area contributed by atoms with Gasteiger partial charge in [-0.05, 0) is 52.1 Å². The molecule has 10 atom stereocenters. The van der Waals surface area contributed by atoms with E-state index in [1.54, 1.807) is 26.4 Å². The van der Waals surface area contributed by atoms with Crippen LogP contribution >= 0.6 is 86.1 Å². The summed E-state index contributed by atoms with van der Waals surface area (Å²) in [7, 11) is 2.38. The number of carbonyl (C=O) groups excluding carboxylic acids is 3. The number of aliphatic hydroxyl groups is 7. The molecule has 259 valence electrons. The van der Waals surface area contributed by atoms with E-state index in [2.05, 4.69) is 62.5 Å². The first-order valence-electron chi connectivity index (χ1n) is 11.6. The molecule has 2 aliphatic heterocycles. The van der Waals surface area contributed by atoms with E-state index in [9.17, 15) is 30.6 Å². The Kier molecular flexibility index (Phi) is 78.0. The Morgan fingerprint density at radius 1 is 0.628 bits per heavy atom. The van der Waals surface area contributed by atoms with Crippen LogP contribution in [-0.2, 0) is 33.3 Å². The van der Waals surface area contributed by atoms with Crippen molar-refractivity contribution in [2.24, 2.45) is 0 Å². The molecule has 0 aromatic heterocycles. The Morgan fingerprint density at radius 3 is 0.930 bits per heavy atom. The molecule has 0 spiro atoms. The van der Waals surface area contributed by atoms with Crippen molar-refractivity contribution in [1.82, 2.24) is 0 Å². The molecule has 0 aromatic rings. The third kappa shape index (κ3) is 37.7. The Bertz CT molecular complexity index is 491. The number of thioether (sulfide) groups is 2. The fourth-order valence-corrected chi connectivity index (χ4v) is 3.87. The summed E-state index contributed by atoms with van der Waals surface area (Å²) in [6.07, 6.45) is -1.26. The van der Waals surface area contributed by atoms with E-state index in [1.165, 1.54) is 44.3 Å². The number of halogens is 3. The first-order valence-corrected chi connectivity index (χ1v) is 25.4. The third-order valence-electron chi connectivity index (χ3n) is 4.08. The molecule has 0 amide bonds. The van der Waals surface area contributed by atoms with Gasteiger partial charge in [0.1, 0.15) is 66.4 Å². The second kappa shape index (κ2) is 51.9. The number of hydrogen-bond acceptors (Lipinski definition) is 15. The Labute approximate surface area is 330 Å². The SMILES string of the molecule is CC=O.CC=O.CC=O.CI.CO.CSC1O[C@@H](C)[C@@H](O)[C@@H](O)[C@@H]1O.CSC1O[C@@H](C)[C@@H](O)[C@@H](O)[C@@H]1O.C[O-].[I][V][I].[Na+]. The summed E-state index contributed by atoms with van der Waals surface area (Å²) in [5.41, 5.74) is -0.892. The van der Waals surface area contributed by atoms with Crippen LogP contribution in [0, 0.1) is 0 Å². The zero-order chi connectivity index (χ0) is 35.4. The Morgan fingerprint density at radius 2 is 0.791 bits per heavy atom. The van der Waals surface area contributed by atoms with Crippen molar-refractivity contribution in [2.45, 2.75) is 94.3 Å². The predicted molar refractivity (Wildman–Crippen MR) is 189 cm³/mol. The quantitative estimate of drug-likeness (QED) is 0.0650. The van der Waals surface area contributed by atoms with Gasteiger partial charge in [0.15, 0.2) is 0 Å². The van der Waals surface area contributed by atoms with Crippen molar-refractivity contribution < 1.29 is 104 Å². The van der Waals surface area contributed by atoms with Gasteiger partial charge in [0, 0.05) is 7.11 Å². The van der Waals surface area contributed by atoms with Crippen molar-refractivity contribution in [3.8, 4) is 0 Å². The molecule has 0 bridgehead atoms. The van der Waals surface area contributed by atoms with Gasteiger partial charge >= 0.3 is 79.0 Å². The molecule has 2 saturated heterocycles. The van der Waals surface area contributed by atoms with Crippen LogP contribution in [0.4, 0.5) is 0 Å². The van der Waals surface area contributed by atoms with Gasteiger partial charge in [0.05, 0.1) is 12.2 Å². The molecule has 0 radical (unpaired) electrons. The summed E-state index contributed by atoms with van der Waals surface area (Å²) < 4.78 is 10.5. The van der Waals surface area contributed by atoms with Crippen molar-refractivity contribution in [3.63, 3.8) is 0 Å². The van der Waals surface area contributed by atoms with Gasteiger partial charge < -0.3 is 64.7 Å². The van der Waals surface area contributed by atoms with Crippen LogP contribution in [0.1, 0.15) is 34.6 Å². The minimum atomic E-state index is -1.11. The first-order chi connectivity index (χ1) is 19.8. The van der Waals surface area contributed by atoms with Gasteiger partial charge in [-0.25, -0.2) is 0 Å². The van der Waals surface area contributed by atoms with E-state index in [4.69, 9.17) is 34.1 Å². The normalized spacial score (nSPS) is 29.1. The van der Waals surface area contributed by atoms with E-state index in [1.807, 2.05) is 4.93 Å². The number of ether oxygens (including phenoxy) is 2. The largest absolute Gasteiger partial charge is 1.00 e. The maximum absolute atomic E-state index is 9.37. The van der Waals surface area contributed by atoms with Crippen LogP contribution in [0.25, 0.3) is 0 Å². The molecule has 0 aromatic carbocycles. The number of rotatable bonds is 2. The molecule has 2 unspecified atom stereocenters. The van der Waals surface area contributed by atoms with Crippen molar-refractivity contribution in [1.29, 1.82) is 0 Å². The van der Waals surface area contributed by atoms with Gasteiger partial charge in [-0.15, -0.1) is 23.5 Å². The molecule has 0 saturated carbocycles. The molecular weight excluding hydrogens is 1000 g/mol. The average Bonchev–Trinajstić information content (AvgIpc) is 2.99. The van der Waals surface area contributed by atoms with E-state index < -0.39 is 59.7 Å². The minimum Gasteiger partial charge on any atom is 1.00 e. The van der Waals surface area contributed by atoms with E-state index in [0.717, 1.165) is 33.1 Å². The summed E-state index contributed by atoms with van der Waals surface area (Å²) in [4.78, 5) is 28.4. The molecule has 2 aliphatic rings. The summed E-state index contributed by atoms with van der Waals surface area (Å²) in [6.45, 7) is 7.67. The number of aldehydes is 3. The smallest absolute Gasteiger partial charge is 1.00 e. The number of carbonyl (C=O) groups is 3. The number of aliphatic hydroxyl groups excluding tert-OH is 7. The number of alkyl halides is 1. The fourth-order valence-electron chi connectivity index (χ4n) is 2.42. The molecular formula is C23H50I3NaO13S2V. The fraction of sp³-hybridized carbons (Fsp3) is 0.870. The molecule has 2 rings (SSSR count). The second-order valence-corrected chi connectivity index (χ2v) is 20.3. The minimum absolute atomic E-state index is 0. The first kappa shape index (κ1) is 64.6. The van der Waals surface area contributed by atoms with Crippen LogP contribution in [0.15, 0.2) is 0 Å². The molecule has 7 N–H and O–H groups in total. The van der Waals surface area contributed by atoms with Crippen LogP contribution in [0.3, 0.4) is 0 Å².